The maximum Gasteiger partial charge on any atom is 0.0622 e. The summed E-state index contributed by atoms with van der Waals surface area (Å²) in [7, 11) is 0. The molecule has 0 amide bonds. The minimum absolute atomic E-state index is 0.415. The van der Waals surface area contributed by atoms with Gasteiger partial charge in [-0.3, -0.25) is 0 Å². The van der Waals surface area contributed by atoms with Crippen LogP contribution in [0, 0.1) is 5.92 Å². The van der Waals surface area contributed by atoms with Crippen molar-refractivity contribution in [2.45, 2.75) is 50.9 Å². The molecule has 0 aromatic rings. The molecule has 1 aliphatic carbocycles. The lowest BCUT2D eigenvalue weighted by Crippen LogP contribution is -2.38. The summed E-state index contributed by atoms with van der Waals surface area (Å²) >= 11 is 0. The number of ether oxygens (including phenoxy) is 1. The lowest BCUT2D eigenvalue weighted by Gasteiger charge is -2.29. The zero-order chi connectivity index (χ0) is 7.84. The Labute approximate surface area is 68.1 Å². The van der Waals surface area contributed by atoms with E-state index < -0.39 is 0 Å². The molecule has 2 rings (SSSR count). The number of nitrogens with two attached hydrogens (primary N) is 1. The highest BCUT2D eigenvalue weighted by Gasteiger charge is 2.38. The summed E-state index contributed by atoms with van der Waals surface area (Å²) in [6.45, 7) is 2.16. The first-order valence-electron chi connectivity index (χ1n) is 4.68. The van der Waals surface area contributed by atoms with Crippen molar-refractivity contribution in [1.29, 1.82) is 0 Å². The summed E-state index contributed by atoms with van der Waals surface area (Å²) in [5.41, 5.74) is 6.00. The van der Waals surface area contributed by atoms with E-state index in [0.29, 0.717) is 24.2 Å². The van der Waals surface area contributed by atoms with E-state index in [4.69, 9.17) is 10.5 Å². The van der Waals surface area contributed by atoms with Crippen molar-refractivity contribution in [2.75, 3.05) is 0 Å². The van der Waals surface area contributed by atoms with Gasteiger partial charge in [-0.2, -0.15) is 0 Å². The van der Waals surface area contributed by atoms with Crippen molar-refractivity contribution in [2.24, 2.45) is 11.7 Å². The second-order valence-corrected chi connectivity index (χ2v) is 3.98. The molecule has 2 nitrogen and oxygen atoms in total. The molecule has 2 heteroatoms. The van der Waals surface area contributed by atoms with Gasteiger partial charge in [0.1, 0.15) is 0 Å². The van der Waals surface area contributed by atoms with Gasteiger partial charge in [-0.1, -0.05) is 0 Å². The second kappa shape index (κ2) is 2.76. The van der Waals surface area contributed by atoms with Gasteiger partial charge in [0.15, 0.2) is 0 Å². The molecular weight excluding hydrogens is 138 g/mol. The van der Waals surface area contributed by atoms with E-state index in [1.165, 1.54) is 25.7 Å². The van der Waals surface area contributed by atoms with Crippen LogP contribution in [-0.4, -0.2) is 18.2 Å². The van der Waals surface area contributed by atoms with Crippen molar-refractivity contribution in [3.8, 4) is 0 Å². The molecule has 11 heavy (non-hydrogen) atoms. The Morgan fingerprint density at radius 1 is 1.36 bits per heavy atom. The molecular formula is C9H17NO. The number of fused-ring (bicyclic) bond motifs is 1. The molecule has 2 fully saturated rings. The minimum atomic E-state index is 0.415. The maximum atomic E-state index is 6.00. The fraction of sp³-hybridized carbons (Fsp3) is 1.00. The van der Waals surface area contributed by atoms with E-state index >= 15 is 0 Å². The predicted molar refractivity (Wildman–Crippen MR) is 44.3 cm³/mol. The zero-order valence-electron chi connectivity index (χ0n) is 7.12. The Morgan fingerprint density at radius 3 is 2.91 bits per heavy atom. The molecule has 1 saturated carbocycles. The molecule has 64 valence electrons. The number of hydrogen-bond donors (Lipinski definition) is 1. The van der Waals surface area contributed by atoms with Gasteiger partial charge < -0.3 is 10.5 Å². The van der Waals surface area contributed by atoms with Gasteiger partial charge in [0.05, 0.1) is 12.2 Å². The smallest absolute Gasteiger partial charge is 0.0622 e. The van der Waals surface area contributed by atoms with E-state index in [1.54, 1.807) is 0 Å². The first-order valence-corrected chi connectivity index (χ1v) is 4.68. The molecule has 0 radical (unpaired) electrons. The number of rotatable bonds is 0. The van der Waals surface area contributed by atoms with Crippen LogP contribution in [0.4, 0.5) is 0 Å². The van der Waals surface area contributed by atoms with Crippen LogP contribution in [0.3, 0.4) is 0 Å². The van der Waals surface area contributed by atoms with Crippen molar-refractivity contribution >= 4 is 0 Å². The average Bonchev–Trinajstić information content (AvgIpc) is 2.31. The average molecular weight is 155 g/mol. The van der Waals surface area contributed by atoms with E-state index in [-0.39, 0.29) is 0 Å². The van der Waals surface area contributed by atoms with Crippen molar-refractivity contribution < 1.29 is 4.74 Å². The first kappa shape index (κ1) is 7.56. The van der Waals surface area contributed by atoms with Crippen LogP contribution in [0.15, 0.2) is 0 Å². The largest absolute Gasteiger partial charge is 0.375 e. The van der Waals surface area contributed by atoms with E-state index in [0.717, 1.165) is 0 Å². The summed E-state index contributed by atoms with van der Waals surface area (Å²) in [4.78, 5) is 0. The Hall–Kier alpha value is -0.0800. The predicted octanol–water partition coefficient (Wildman–Crippen LogP) is 1.29. The van der Waals surface area contributed by atoms with Crippen molar-refractivity contribution in [3.05, 3.63) is 0 Å². The summed E-state index contributed by atoms with van der Waals surface area (Å²) in [6.07, 6.45) is 5.84. The maximum absolute atomic E-state index is 6.00. The Bertz CT molecular complexity index is 148. The fourth-order valence-electron chi connectivity index (χ4n) is 2.49. The third-order valence-electron chi connectivity index (χ3n) is 3.06. The molecule has 0 bridgehead atoms. The molecule has 0 aromatic carbocycles. The van der Waals surface area contributed by atoms with Crippen molar-refractivity contribution in [1.82, 2.24) is 0 Å². The van der Waals surface area contributed by atoms with Gasteiger partial charge >= 0.3 is 0 Å². The molecule has 1 aliphatic heterocycles. The SMILES string of the molecule is C[C@@H]1C[C@H]2[C@@H](N)CCC[C@H]2O1. The van der Waals surface area contributed by atoms with Crippen molar-refractivity contribution in [3.63, 3.8) is 0 Å². The van der Waals surface area contributed by atoms with Gasteiger partial charge in [0.25, 0.3) is 0 Å². The highest BCUT2D eigenvalue weighted by Crippen LogP contribution is 2.36. The number of hydrogen-bond acceptors (Lipinski definition) is 2. The van der Waals surface area contributed by atoms with E-state index in [1.807, 2.05) is 0 Å². The molecule has 0 unspecified atom stereocenters. The van der Waals surface area contributed by atoms with E-state index in [9.17, 15) is 0 Å². The summed E-state index contributed by atoms with van der Waals surface area (Å²) in [5.74, 6) is 0.666. The van der Waals surface area contributed by atoms with Crippen LogP contribution in [-0.2, 0) is 4.74 Å². The zero-order valence-corrected chi connectivity index (χ0v) is 7.12. The molecule has 4 atom stereocenters. The summed E-state index contributed by atoms with van der Waals surface area (Å²) < 4.78 is 5.76. The van der Waals surface area contributed by atoms with Crippen LogP contribution in [0.1, 0.15) is 32.6 Å². The van der Waals surface area contributed by atoms with Gasteiger partial charge in [-0.25, -0.2) is 0 Å². The first-order chi connectivity index (χ1) is 5.27. The summed E-state index contributed by atoms with van der Waals surface area (Å²) in [5, 5.41) is 0. The molecule has 2 aliphatic rings. The highest BCUT2D eigenvalue weighted by molar-refractivity contribution is 4.90. The second-order valence-electron chi connectivity index (χ2n) is 3.98. The van der Waals surface area contributed by atoms with Gasteiger partial charge in [0, 0.05) is 12.0 Å². The fourth-order valence-corrected chi connectivity index (χ4v) is 2.49. The minimum Gasteiger partial charge on any atom is -0.375 e. The third kappa shape index (κ3) is 1.30. The molecule has 0 aromatic heterocycles. The quantitative estimate of drug-likeness (QED) is 0.572. The molecule has 2 N–H and O–H groups in total. The highest BCUT2D eigenvalue weighted by atomic mass is 16.5. The Balaban J connectivity index is 2.03. The van der Waals surface area contributed by atoms with E-state index in [2.05, 4.69) is 6.92 Å². The van der Waals surface area contributed by atoms with Gasteiger partial charge in [0.2, 0.25) is 0 Å². The van der Waals surface area contributed by atoms with Gasteiger partial charge in [-0.15, -0.1) is 0 Å². The third-order valence-corrected chi connectivity index (χ3v) is 3.06. The van der Waals surface area contributed by atoms with Crippen LogP contribution in [0.5, 0.6) is 0 Å². The summed E-state index contributed by atoms with van der Waals surface area (Å²) in [6, 6.07) is 0.415. The lowest BCUT2D eigenvalue weighted by atomic mass is 9.82. The van der Waals surface area contributed by atoms with Crippen LogP contribution in [0.2, 0.25) is 0 Å². The van der Waals surface area contributed by atoms with Crippen LogP contribution >= 0.6 is 0 Å². The van der Waals surface area contributed by atoms with Crippen LogP contribution < -0.4 is 5.73 Å². The van der Waals surface area contributed by atoms with Gasteiger partial charge in [-0.05, 0) is 32.6 Å². The monoisotopic (exact) mass is 155 g/mol. The molecule has 0 spiro atoms. The topological polar surface area (TPSA) is 35.2 Å². The van der Waals surface area contributed by atoms with Crippen LogP contribution in [0.25, 0.3) is 0 Å². The standard InChI is InChI=1S/C9H17NO/c1-6-5-7-8(10)3-2-4-9(7)11-6/h6-9H,2-5,10H2,1H3/t6-,7+,8+,9-/m1/s1. The molecule has 1 saturated heterocycles. The lowest BCUT2D eigenvalue weighted by molar-refractivity contribution is 0.0230. The Kier molecular flexibility index (Phi) is 1.90. The normalized spacial score (nSPS) is 50.7. The Morgan fingerprint density at radius 2 is 2.18 bits per heavy atom. The molecule has 1 heterocycles.